The Morgan fingerprint density at radius 2 is 2.08 bits per heavy atom. The van der Waals surface area contributed by atoms with E-state index in [1.54, 1.807) is 11.1 Å². The highest BCUT2D eigenvalue weighted by molar-refractivity contribution is 5.75. The van der Waals surface area contributed by atoms with Gasteiger partial charge in [0, 0.05) is 19.6 Å². The molecule has 1 aromatic heterocycles. The van der Waals surface area contributed by atoms with Crippen molar-refractivity contribution in [1.82, 2.24) is 14.9 Å². The molecule has 128 valence electrons. The lowest BCUT2D eigenvalue weighted by molar-refractivity contribution is 0.0289. The number of fused-ring (bicyclic) bond motifs is 1. The van der Waals surface area contributed by atoms with Gasteiger partial charge in [-0.3, -0.25) is 4.98 Å². The second kappa shape index (κ2) is 6.63. The molecule has 2 aromatic rings. The molecule has 24 heavy (non-hydrogen) atoms. The van der Waals surface area contributed by atoms with Crippen LogP contribution >= 0.6 is 0 Å². The van der Waals surface area contributed by atoms with Crippen molar-refractivity contribution in [3.05, 3.63) is 30.5 Å². The number of nitrogens with zero attached hydrogens (tertiary/aromatic N) is 3. The quantitative estimate of drug-likeness (QED) is 0.936. The summed E-state index contributed by atoms with van der Waals surface area (Å²) in [6.45, 7) is 7.88. The number of aromatic nitrogens is 2. The minimum absolute atomic E-state index is 0.226. The van der Waals surface area contributed by atoms with Crippen LogP contribution in [0.3, 0.4) is 0 Å². The molecule has 1 amide bonds. The maximum absolute atomic E-state index is 12.1. The summed E-state index contributed by atoms with van der Waals surface area (Å²) in [7, 11) is 0. The van der Waals surface area contributed by atoms with Gasteiger partial charge >= 0.3 is 6.09 Å². The second-order valence-corrected chi connectivity index (χ2v) is 7.21. The minimum atomic E-state index is -0.450. The zero-order valence-corrected chi connectivity index (χ0v) is 14.5. The molecular weight excluding hydrogens is 304 g/mol. The average molecular weight is 328 g/mol. The molecule has 0 bridgehead atoms. The standard InChI is InChI=1S/C18H24N4O2/c1-18(2,3)24-17(23)22-9-8-13(12-22)10-20-16-11-19-14-6-4-5-7-15(14)21-16/h4-7,11,13H,8-10,12H2,1-3H3,(H,20,21)/t13-/m1/s1. The molecule has 6 heteroatoms. The molecule has 1 aliphatic heterocycles. The van der Waals surface area contributed by atoms with E-state index in [1.807, 2.05) is 45.0 Å². The summed E-state index contributed by atoms with van der Waals surface area (Å²) in [5.74, 6) is 1.16. The van der Waals surface area contributed by atoms with Gasteiger partial charge < -0.3 is 15.0 Å². The number of hydrogen-bond donors (Lipinski definition) is 1. The van der Waals surface area contributed by atoms with E-state index in [9.17, 15) is 4.79 Å². The number of hydrogen-bond acceptors (Lipinski definition) is 5. The van der Waals surface area contributed by atoms with E-state index in [2.05, 4.69) is 15.3 Å². The van der Waals surface area contributed by atoms with Crippen LogP contribution in [0, 0.1) is 5.92 Å². The van der Waals surface area contributed by atoms with Crippen molar-refractivity contribution < 1.29 is 9.53 Å². The zero-order chi connectivity index (χ0) is 17.2. The maximum atomic E-state index is 12.1. The highest BCUT2D eigenvalue weighted by Gasteiger charge is 2.29. The molecule has 6 nitrogen and oxygen atoms in total. The number of anilines is 1. The van der Waals surface area contributed by atoms with Gasteiger partial charge in [-0.05, 0) is 45.2 Å². The highest BCUT2D eigenvalue weighted by atomic mass is 16.6. The second-order valence-electron chi connectivity index (χ2n) is 7.21. The summed E-state index contributed by atoms with van der Waals surface area (Å²) < 4.78 is 5.43. The fourth-order valence-electron chi connectivity index (χ4n) is 2.78. The van der Waals surface area contributed by atoms with Gasteiger partial charge in [0.05, 0.1) is 17.2 Å². The summed E-state index contributed by atoms with van der Waals surface area (Å²) in [5, 5.41) is 3.33. The van der Waals surface area contributed by atoms with Gasteiger partial charge in [0.1, 0.15) is 11.4 Å². The van der Waals surface area contributed by atoms with E-state index in [0.29, 0.717) is 12.5 Å². The summed E-state index contributed by atoms with van der Waals surface area (Å²) in [6.07, 6.45) is 2.49. The molecule has 1 aliphatic rings. The molecule has 0 aliphatic carbocycles. The van der Waals surface area contributed by atoms with E-state index in [4.69, 9.17) is 4.74 Å². The Balaban J connectivity index is 1.53. The van der Waals surface area contributed by atoms with Gasteiger partial charge in [-0.2, -0.15) is 0 Å². The number of nitrogens with one attached hydrogen (secondary N) is 1. The Kier molecular flexibility index (Phi) is 4.55. The van der Waals surface area contributed by atoms with Crippen molar-refractivity contribution in [2.45, 2.75) is 32.8 Å². The van der Waals surface area contributed by atoms with Gasteiger partial charge in [0.15, 0.2) is 0 Å². The monoisotopic (exact) mass is 328 g/mol. The van der Waals surface area contributed by atoms with Crippen LogP contribution in [0.2, 0.25) is 0 Å². The third-order valence-electron chi connectivity index (χ3n) is 3.96. The molecule has 1 fully saturated rings. The number of carbonyl (C=O) groups is 1. The van der Waals surface area contributed by atoms with Gasteiger partial charge in [-0.25, -0.2) is 9.78 Å². The third-order valence-corrected chi connectivity index (χ3v) is 3.96. The van der Waals surface area contributed by atoms with Gasteiger partial charge in [0.25, 0.3) is 0 Å². The molecule has 0 saturated carbocycles. The predicted molar refractivity (Wildman–Crippen MR) is 93.9 cm³/mol. The molecular formula is C18H24N4O2. The van der Waals surface area contributed by atoms with Gasteiger partial charge in [-0.1, -0.05) is 12.1 Å². The van der Waals surface area contributed by atoms with E-state index in [1.165, 1.54) is 0 Å². The first kappa shape index (κ1) is 16.5. The number of carbonyl (C=O) groups excluding carboxylic acids is 1. The maximum Gasteiger partial charge on any atom is 0.410 e. The Morgan fingerprint density at radius 1 is 1.33 bits per heavy atom. The topological polar surface area (TPSA) is 67.3 Å². The first-order valence-electron chi connectivity index (χ1n) is 8.34. The average Bonchev–Trinajstić information content (AvgIpc) is 3.00. The van der Waals surface area contributed by atoms with Crippen LogP contribution in [0.1, 0.15) is 27.2 Å². The van der Waals surface area contributed by atoms with Crippen LogP contribution in [-0.4, -0.2) is 46.2 Å². The zero-order valence-electron chi connectivity index (χ0n) is 14.5. The summed E-state index contributed by atoms with van der Waals surface area (Å²) in [4.78, 5) is 22.8. The molecule has 3 rings (SSSR count). The van der Waals surface area contributed by atoms with Crippen molar-refractivity contribution in [2.75, 3.05) is 25.0 Å². The Morgan fingerprint density at radius 3 is 2.83 bits per heavy atom. The number of amides is 1. The largest absolute Gasteiger partial charge is 0.444 e. The van der Waals surface area contributed by atoms with Crippen molar-refractivity contribution in [1.29, 1.82) is 0 Å². The molecule has 1 N–H and O–H groups in total. The fraction of sp³-hybridized carbons (Fsp3) is 0.500. The van der Waals surface area contributed by atoms with Gasteiger partial charge in [-0.15, -0.1) is 0 Å². The molecule has 0 unspecified atom stereocenters. The molecule has 1 saturated heterocycles. The van der Waals surface area contributed by atoms with E-state index in [-0.39, 0.29) is 6.09 Å². The van der Waals surface area contributed by atoms with Crippen molar-refractivity contribution >= 4 is 22.9 Å². The first-order chi connectivity index (χ1) is 11.4. The molecule has 1 atom stereocenters. The van der Waals surface area contributed by atoms with E-state index in [0.717, 1.165) is 36.4 Å². The van der Waals surface area contributed by atoms with Crippen LogP contribution < -0.4 is 5.32 Å². The number of ether oxygens (including phenoxy) is 1. The lowest BCUT2D eigenvalue weighted by atomic mass is 10.1. The number of rotatable bonds is 3. The van der Waals surface area contributed by atoms with Crippen LogP contribution in [0.4, 0.5) is 10.6 Å². The van der Waals surface area contributed by atoms with Crippen molar-refractivity contribution in [2.24, 2.45) is 5.92 Å². The van der Waals surface area contributed by atoms with E-state index >= 15 is 0 Å². The van der Waals surface area contributed by atoms with Crippen LogP contribution in [0.15, 0.2) is 30.5 Å². The first-order valence-corrected chi connectivity index (χ1v) is 8.34. The Labute approximate surface area is 142 Å². The molecule has 0 radical (unpaired) electrons. The van der Waals surface area contributed by atoms with Crippen LogP contribution in [-0.2, 0) is 4.74 Å². The number of para-hydroxylation sites is 2. The fourth-order valence-corrected chi connectivity index (χ4v) is 2.78. The summed E-state index contributed by atoms with van der Waals surface area (Å²) in [6, 6.07) is 7.81. The van der Waals surface area contributed by atoms with Crippen LogP contribution in [0.5, 0.6) is 0 Å². The van der Waals surface area contributed by atoms with Crippen molar-refractivity contribution in [3.8, 4) is 0 Å². The molecule has 0 spiro atoms. The minimum Gasteiger partial charge on any atom is -0.444 e. The summed E-state index contributed by atoms with van der Waals surface area (Å²) in [5.41, 5.74) is 1.32. The molecule has 1 aromatic carbocycles. The third kappa shape index (κ3) is 4.13. The van der Waals surface area contributed by atoms with Crippen LogP contribution in [0.25, 0.3) is 11.0 Å². The lowest BCUT2D eigenvalue weighted by Crippen LogP contribution is -2.35. The SMILES string of the molecule is CC(C)(C)OC(=O)N1CC[C@H](CNc2cnc3ccccc3n2)C1. The normalized spacial score (nSPS) is 18.0. The Bertz CT molecular complexity index is 726. The smallest absolute Gasteiger partial charge is 0.410 e. The lowest BCUT2D eigenvalue weighted by Gasteiger charge is -2.24. The molecule has 2 heterocycles. The highest BCUT2D eigenvalue weighted by Crippen LogP contribution is 2.20. The van der Waals surface area contributed by atoms with E-state index < -0.39 is 5.60 Å². The number of benzene rings is 1. The van der Waals surface area contributed by atoms with Crippen molar-refractivity contribution in [3.63, 3.8) is 0 Å². The Hall–Kier alpha value is -2.37. The number of likely N-dealkylation sites (tertiary alicyclic amines) is 1. The predicted octanol–water partition coefficient (Wildman–Crippen LogP) is 3.30. The van der Waals surface area contributed by atoms with Gasteiger partial charge in [0.2, 0.25) is 0 Å². The summed E-state index contributed by atoms with van der Waals surface area (Å²) >= 11 is 0.